The summed E-state index contributed by atoms with van der Waals surface area (Å²) in [5, 5.41) is 7.58. The van der Waals surface area contributed by atoms with Crippen molar-refractivity contribution in [1.29, 1.82) is 0 Å². The second-order valence-electron chi connectivity index (χ2n) is 5.67. The first-order valence-corrected chi connectivity index (χ1v) is 7.24. The second-order valence-corrected chi connectivity index (χ2v) is 5.67. The summed E-state index contributed by atoms with van der Waals surface area (Å²) in [5.74, 6) is 0. The molecule has 1 aliphatic rings. The Morgan fingerprint density at radius 3 is 2.81 bits per heavy atom. The number of aromatic nitrogens is 2. The molecule has 2 rings (SSSR count). The van der Waals surface area contributed by atoms with Crippen LogP contribution in [0.15, 0.2) is 6.20 Å². The Labute approximate surface area is 122 Å². The van der Waals surface area contributed by atoms with E-state index in [1.807, 2.05) is 24.9 Å². The van der Waals surface area contributed by atoms with Gasteiger partial charge in [0, 0.05) is 30.9 Å². The van der Waals surface area contributed by atoms with Gasteiger partial charge in [-0.25, -0.2) is 0 Å². The van der Waals surface area contributed by atoms with Crippen LogP contribution < -0.4 is 5.32 Å². The van der Waals surface area contributed by atoms with Crippen molar-refractivity contribution in [3.8, 4) is 0 Å². The van der Waals surface area contributed by atoms with E-state index in [2.05, 4.69) is 10.4 Å². The van der Waals surface area contributed by atoms with E-state index >= 15 is 0 Å². The van der Waals surface area contributed by atoms with Gasteiger partial charge in [0.25, 0.3) is 0 Å². The molecule has 0 spiro atoms. The summed E-state index contributed by atoms with van der Waals surface area (Å²) in [6.07, 6.45) is 0.496. The van der Waals surface area contributed by atoms with Crippen molar-refractivity contribution < 1.29 is 17.9 Å². The number of hydrogen-bond acceptors (Lipinski definition) is 3. The Morgan fingerprint density at radius 1 is 1.43 bits per heavy atom. The first kappa shape index (κ1) is 16.3. The molecule has 1 aromatic heterocycles. The Kier molecular flexibility index (Phi) is 5.27. The molecule has 0 bridgehead atoms. The number of ether oxygens (including phenoxy) is 1. The lowest BCUT2D eigenvalue weighted by Crippen LogP contribution is -2.37. The van der Waals surface area contributed by atoms with Crippen LogP contribution in [0.1, 0.15) is 36.9 Å². The number of hydrogen-bond donors (Lipinski definition) is 1. The second kappa shape index (κ2) is 6.79. The van der Waals surface area contributed by atoms with Crippen LogP contribution >= 0.6 is 0 Å². The van der Waals surface area contributed by atoms with Gasteiger partial charge in [0.05, 0.1) is 12.3 Å². The smallest absolute Gasteiger partial charge is 0.369 e. The van der Waals surface area contributed by atoms with Crippen molar-refractivity contribution in [3.05, 3.63) is 17.5 Å². The molecular weight excluding hydrogens is 283 g/mol. The highest BCUT2D eigenvalue weighted by molar-refractivity contribution is 5.15. The first-order chi connectivity index (χ1) is 9.85. The molecule has 0 amide bonds. The van der Waals surface area contributed by atoms with E-state index < -0.39 is 12.8 Å². The SMILES string of the molecule is Cc1c(CNC2CCCC(OCC(F)(F)F)C2)cnn1C. The summed E-state index contributed by atoms with van der Waals surface area (Å²) in [6, 6.07) is 0.205. The lowest BCUT2D eigenvalue weighted by Gasteiger charge is -2.30. The predicted molar refractivity (Wildman–Crippen MR) is 72.8 cm³/mol. The third-order valence-electron chi connectivity index (χ3n) is 4.03. The van der Waals surface area contributed by atoms with Gasteiger partial charge in [-0.1, -0.05) is 0 Å². The van der Waals surface area contributed by atoms with Crippen molar-refractivity contribution in [2.75, 3.05) is 6.61 Å². The van der Waals surface area contributed by atoms with Crippen LogP contribution in [0.4, 0.5) is 13.2 Å². The quantitative estimate of drug-likeness (QED) is 0.909. The summed E-state index contributed by atoms with van der Waals surface area (Å²) in [7, 11) is 1.89. The molecule has 2 atom stereocenters. The molecule has 1 N–H and O–H groups in total. The zero-order chi connectivity index (χ0) is 15.5. The molecule has 2 unspecified atom stereocenters. The third kappa shape index (κ3) is 5.00. The molecule has 120 valence electrons. The molecule has 1 fully saturated rings. The van der Waals surface area contributed by atoms with E-state index in [0.29, 0.717) is 19.4 Å². The number of aryl methyl sites for hydroxylation is 1. The molecular formula is C14H22F3N3O. The molecule has 0 aromatic carbocycles. The minimum Gasteiger partial charge on any atom is -0.369 e. The first-order valence-electron chi connectivity index (χ1n) is 7.24. The standard InChI is InChI=1S/C14H22F3N3O/c1-10-11(8-19-20(10)2)7-18-12-4-3-5-13(6-12)21-9-14(15,16)17/h8,12-13,18H,3-7,9H2,1-2H3. The number of halogens is 3. The van der Waals surface area contributed by atoms with Crippen molar-refractivity contribution >= 4 is 0 Å². The van der Waals surface area contributed by atoms with Gasteiger partial charge in [0.1, 0.15) is 6.61 Å². The summed E-state index contributed by atoms with van der Waals surface area (Å²) in [5.41, 5.74) is 2.22. The van der Waals surface area contributed by atoms with Crippen LogP contribution in [0.5, 0.6) is 0 Å². The summed E-state index contributed by atoms with van der Waals surface area (Å²) >= 11 is 0. The highest BCUT2D eigenvalue weighted by Gasteiger charge is 2.31. The van der Waals surface area contributed by atoms with Crippen LogP contribution in [0.25, 0.3) is 0 Å². The zero-order valence-electron chi connectivity index (χ0n) is 12.4. The molecule has 1 aromatic rings. The van der Waals surface area contributed by atoms with E-state index in [-0.39, 0.29) is 12.1 Å². The van der Waals surface area contributed by atoms with E-state index in [1.165, 1.54) is 0 Å². The van der Waals surface area contributed by atoms with Gasteiger partial charge in [-0.3, -0.25) is 4.68 Å². The largest absolute Gasteiger partial charge is 0.411 e. The average Bonchev–Trinajstić information content (AvgIpc) is 2.74. The van der Waals surface area contributed by atoms with E-state index in [0.717, 1.165) is 24.1 Å². The maximum absolute atomic E-state index is 12.2. The topological polar surface area (TPSA) is 39.1 Å². The Hall–Kier alpha value is -1.08. The van der Waals surface area contributed by atoms with Gasteiger partial charge in [-0.2, -0.15) is 18.3 Å². The normalized spacial score (nSPS) is 23.5. The molecule has 1 saturated carbocycles. The van der Waals surface area contributed by atoms with Crippen LogP contribution in [0, 0.1) is 6.92 Å². The Bertz CT molecular complexity index is 459. The summed E-state index contributed by atoms with van der Waals surface area (Å²) < 4.78 is 43.3. The number of alkyl halides is 3. The van der Waals surface area contributed by atoms with Gasteiger partial charge in [0.15, 0.2) is 0 Å². The lowest BCUT2D eigenvalue weighted by atomic mass is 9.92. The third-order valence-corrected chi connectivity index (χ3v) is 4.03. The predicted octanol–water partition coefficient (Wildman–Crippen LogP) is 2.71. The fourth-order valence-electron chi connectivity index (χ4n) is 2.67. The zero-order valence-corrected chi connectivity index (χ0v) is 12.4. The van der Waals surface area contributed by atoms with Crippen LogP contribution in [-0.2, 0) is 18.3 Å². The molecule has 21 heavy (non-hydrogen) atoms. The fraction of sp³-hybridized carbons (Fsp3) is 0.786. The van der Waals surface area contributed by atoms with E-state index in [9.17, 15) is 13.2 Å². The Balaban J connectivity index is 1.77. The molecule has 0 radical (unpaired) electrons. The highest BCUT2D eigenvalue weighted by Crippen LogP contribution is 2.24. The maximum Gasteiger partial charge on any atom is 0.411 e. The van der Waals surface area contributed by atoms with Gasteiger partial charge >= 0.3 is 6.18 Å². The monoisotopic (exact) mass is 305 g/mol. The minimum absolute atomic E-state index is 0.205. The van der Waals surface area contributed by atoms with E-state index in [1.54, 1.807) is 0 Å². The minimum atomic E-state index is -4.24. The number of nitrogens with zero attached hydrogens (tertiary/aromatic N) is 2. The molecule has 1 heterocycles. The van der Waals surface area contributed by atoms with Gasteiger partial charge in [0.2, 0.25) is 0 Å². The van der Waals surface area contributed by atoms with Crippen molar-refractivity contribution in [2.24, 2.45) is 7.05 Å². The summed E-state index contributed by atoms with van der Waals surface area (Å²) in [6.45, 7) is 1.54. The van der Waals surface area contributed by atoms with Crippen LogP contribution in [-0.4, -0.2) is 34.7 Å². The molecule has 1 aliphatic carbocycles. The molecule has 0 saturated heterocycles. The average molecular weight is 305 g/mol. The maximum atomic E-state index is 12.2. The highest BCUT2D eigenvalue weighted by atomic mass is 19.4. The van der Waals surface area contributed by atoms with Crippen LogP contribution in [0.2, 0.25) is 0 Å². The summed E-state index contributed by atoms with van der Waals surface area (Å²) in [4.78, 5) is 0. The number of rotatable bonds is 5. The number of nitrogens with one attached hydrogen (secondary N) is 1. The fourth-order valence-corrected chi connectivity index (χ4v) is 2.67. The van der Waals surface area contributed by atoms with Crippen LogP contribution in [0.3, 0.4) is 0 Å². The molecule has 7 heteroatoms. The van der Waals surface area contributed by atoms with Gasteiger partial charge < -0.3 is 10.1 Å². The van der Waals surface area contributed by atoms with Crippen molar-refractivity contribution in [2.45, 2.75) is 57.5 Å². The molecule has 0 aliphatic heterocycles. The Morgan fingerprint density at radius 2 is 2.19 bits per heavy atom. The van der Waals surface area contributed by atoms with Gasteiger partial charge in [-0.15, -0.1) is 0 Å². The van der Waals surface area contributed by atoms with Gasteiger partial charge in [-0.05, 0) is 32.6 Å². The van der Waals surface area contributed by atoms with E-state index in [4.69, 9.17) is 4.74 Å². The van der Waals surface area contributed by atoms with Crippen molar-refractivity contribution in [1.82, 2.24) is 15.1 Å². The van der Waals surface area contributed by atoms with Crippen molar-refractivity contribution in [3.63, 3.8) is 0 Å². The lowest BCUT2D eigenvalue weighted by molar-refractivity contribution is -0.188. The molecule has 4 nitrogen and oxygen atoms in total.